The molecule has 1 heterocycles. The summed E-state index contributed by atoms with van der Waals surface area (Å²) in [6.45, 7) is 5.58. The molecule has 0 spiro atoms. The summed E-state index contributed by atoms with van der Waals surface area (Å²) >= 11 is 0. The first-order chi connectivity index (χ1) is 10.3. The van der Waals surface area contributed by atoms with Crippen molar-refractivity contribution in [1.29, 1.82) is 0 Å². The smallest absolute Gasteiger partial charge is 0.438 e. The van der Waals surface area contributed by atoms with Gasteiger partial charge in [-0.05, 0) is 39.5 Å². The Hall–Kier alpha value is -1.79. The van der Waals surface area contributed by atoms with E-state index in [1.165, 1.54) is 0 Å². The predicted molar refractivity (Wildman–Crippen MR) is 80.6 cm³/mol. The number of aromatic amines is 1. The van der Waals surface area contributed by atoms with E-state index in [2.05, 4.69) is 14.7 Å². The molecule has 0 aliphatic heterocycles. The molecule has 22 heavy (non-hydrogen) atoms. The fourth-order valence-electron chi connectivity index (χ4n) is 3.00. The minimum atomic E-state index is -0.539. The highest BCUT2D eigenvalue weighted by atomic mass is 16.6. The molecule has 124 valence electrons. The monoisotopic (exact) mass is 311 g/mol. The third-order valence-electron chi connectivity index (χ3n) is 3.99. The van der Waals surface area contributed by atoms with Crippen LogP contribution in [-0.2, 0) is 11.2 Å². The quantitative estimate of drug-likeness (QED) is 0.925. The molecule has 1 aromatic heterocycles. The summed E-state index contributed by atoms with van der Waals surface area (Å²) in [5.74, 6) is 0.245. The average Bonchev–Trinajstić information content (AvgIpc) is 2.82. The van der Waals surface area contributed by atoms with E-state index in [1.54, 1.807) is 11.9 Å². The maximum atomic E-state index is 12.3. The van der Waals surface area contributed by atoms with Gasteiger partial charge in [0.15, 0.2) is 5.82 Å². The number of carbonyl (C=O) groups is 1. The summed E-state index contributed by atoms with van der Waals surface area (Å²) in [7, 11) is 1.78. The standard InChI is InChI=1S/C15H25N3O4/c1-15(2,3)21-14(20)18(4)11-8-6-5-7-10(11)9-12-16-13(19)22-17-12/h10-11H,5-9H2,1-4H3,(H,16,17,19)/t10-,11+/m1/s1. The van der Waals surface area contributed by atoms with Gasteiger partial charge < -0.3 is 9.64 Å². The Morgan fingerprint density at radius 3 is 2.68 bits per heavy atom. The summed E-state index contributed by atoms with van der Waals surface area (Å²) in [5, 5.41) is 3.73. The van der Waals surface area contributed by atoms with Gasteiger partial charge >= 0.3 is 11.8 Å². The summed E-state index contributed by atoms with van der Waals surface area (Å²) in [6, 6.07) is 0.0869. The van der Waals surface area contributed by atoms with Crippen molar-refractivity contribution in [3.63, 3.8) is 0 Å². The van der Waals surface area contributed by atoms with Gasteiger partial charge in [-0.3, -0.25) is 9.51 Å². The molecule has 7 nitrogen and oxygen atoms in total. The Morgan fingerprint density at radius 2 is 2.09 bits per heavy atom. The molecule has 1 fully saturated rings. The van der Waals surface area contributed by atoms with Crippen molar-refractivity contribution in [2.75, 3.05) is 7.05 Å². The van der Waals surface area contributed by atoms with Crippen LogP contribution >= 0.6 is 0 Å². The fourth-order valence-corrected chi connectivity index (χ4v) is 3.00. The van der Waals surface area contributed by atoms with Gasteiger partial charge in [-0.15, -0.1) is 0 Å². The predicted octanol–water partition coefficient (Wildman–Crippen LogP) is 2.33. The van der Waals surface area contributed by atoms with Crippen LogP contribution in [0, 0.1) is 5.92 Å². The third kappa shape index (κ3) is 4.35. The maximum absolute atomic E-state index is 12.3. The summed E-state index contributed by atoms with van der Waals surface area (Å²) in [5.41, 5.74) is -0.507. The number of nitrogens with one attached hydrogen (secondary N) is 1. The minimum absolute atomic E-state index is 0.0869. The molecule has 0 aromatic carbocycles. The minimum Gasteiger partial charge on any atom is -0.444 e. The molecule has 1 saturated carbocycles. The van der Waals surface area contributed by atoms with E-state index >= 15 is 0 Å². The Balaban J connectivity index is 2.05. The van der Waals surface area contributed by atoms with Crippen LogP contribution in [0.1, 0.15) is 52.3 Å². The lowest BCUT2D eigenvalue weighted by Gasteiger charge is -2.38. The molecule has 2 atom stereocenters. The molecule has 0 unspecified atom stereocenters. The lowest BCUT2D eigenvalue weighted by Crippen LogP contribution is -2.46. The van der Waals surface area contributed by atoms with Crippen molar-refractivity contribution in [1.82, 2.24) is 15.0 Å². The van der Waals surface area contributed by atoms with Gasteiger partial charge in [0, 0.05) is 19.5 Å². The molecule has 2 rings (SSSR count). The number of hydrogen-bond donors (Lipinski definition) is 1. The van der Waals surface area contributed by atoms with Crippen LogP contribution in [-0.4, -0.2) is 39.8 Å². The van der Waals surface area contributed by atoms with E-state index in [0.29, 0.717) is 12.2 Å². The van der Waals surface area contributed by atoms with Gasteiger partial charge in [0.1, 0.15) is 5.60 Å². The molecule has 0 saturated heterocycles. The molecule has 1 aliphatic rings. The second-order valence-corrected chi connectivity index (χ2v) is 6.95. The zero-order chi connectivity index (χ0) is 16.3. The summed E-state index contributed by atoms with van der Waals surface area (Å²) in [6.07, 6.45) is 4.42. The number of carbonyl (C=O) groups excluding carboxylic acids is 1. The second kappa shape index (κ2) is 6.54. The number of ether oxygens (including phenoxy) is 1. The number of amides is 1. The van der Waals surface area contributed by atoms with E-state index in [4.69, 9.17) is 4.74 Å². The number of hydrogen-bond acceptors (Lipinski definition) is 5. The van der Waals surface area contributed by atoms with E-state index in [1.807, 2.05) is 20.8 Å². The molecule has 0 bridgehead atoms. The van der Waals surface area contributed by atoms with Gasteiger partial charge in [-0.2, -0.15) is 0 Å². The first-order valence-corrected chi connectivity index (χ1v) is 7.77. The van der Waals surface area contributed by atoms with Crippen molar-refractivity contribution in [2.45, 2.75) is 64.5 Å². The largest absolute Gasteiger partial charge is 0.444 e. The van der Waals surface area contributed by atoms with E-state index in [0.717, 1.165) is 25.7 Å². The first kappa shape index (κ1) is 16.6. The highest BCUT2D eigenvalue weighted by Crippen LogP contribution is 2.30. The van der Waals surface area contributed by atoms with Gasteiger partial charge in [0.2, 0.25) is 0 Å². The van der Waals surface area contributed by atoms with Crippen molar-refractivity contribution in [2.24, 2.45) is 5.92 Å². The Kier molecular flexibility index (Phi) is 4.93. The van der Waals surface area contributed by atoms with Crippen LogP contribution in [0.3, 0.4) is 0 Å². The molecule has 1 amide bonds. The van der Waals surface area contributed by atoms with Crippen LogP contribution in [0.4, 0.5) is 4.79 Å². The lowest BCUT2D eigenvalue weighted by atomic mass is 9.81. The number of H-pyrrole nitrogens is 1. The second-order valence-electron chi connectivity index (χ2n) is 6.95. The molecular formula is C15H25N3O4. The SMILES string of the molecule is CN(C(=O)OC(C)(C)C)[C@H]1CCCC[C@@H]1Cc1noc(=O)[nH]1. The normalized spacial score (nSPS) is 22.4. The summed E-state index contributed by atoms with van der Waals surface area (Å²) in [4.78, 5) is 27.6. The number of rotatable bonds is 3. The highest BCUT2D eigenvalue weighted by molar-refractivity contribution is 5.68. The van der Waals surface area contributed by atoms with Crippen molar-refractivity contribution in [3.05, 3.63) is 16.4 Å². The van der Waals surface area contributed by atoms with Crippen LogP contribution in [0.25, 0.3) is 0 Å². The maximum Gasteiger partial charge on any atom is 0.438 e. The van der Waals surface area contributed by atoms with Crippen molar-refractivity contribution in [3.8, 4) is 0 Å². The topological polar surface area (TPSA) is 88.4 Å². The molecule has 0 radical (unpaired) electrons. The van der Waals surface area contributed by atoms with E-state index < -0.39 is 11.4 Å². The average molecular weight is 311 g/mol. The van der Waals surface area contributed by atoms with Crippen LogP contribution in [0.2, 0.25) is 0 Å². The van der Waals surface area contributed by atoms with Crippen LogP contribution < -0.4 is 5.76 Å². The van der Waals surface area contributed by atoms with Gasteiger partial charge in [0.25, 0.3) is 0 Å². The molecule has 1 N–H and O–H groups in total. The molecule has 1 aliphatic carbocycles. The van der Waals surface area contributed by atoms with E-state index in [9.17, 15) is 9.59 Å². The first-order valence-electron chi connectivity index (χ1n) is 7.77. The van der Waals surface area contributed by atoms with Crippen LogP contribution in [0.5, 0.6) is 0 Å². The van der Waals surface area contributed by atoms with Crippen LogP contribution in [0.15, 0.2) is 9.32 Å². The molecule has 1 aromatic rings. The lowest BCUT2D eigenvalue weighted by molar-refractivity contribution is 0.0114. The van der Waals surface area contributed by atoms with Crippen molar-refractivity contribution < 1.29 is 14.1 Å². The molecule has 7 heteroatoms. The van der Waals surface area contributed by atoms with Crippen molar-refractivity contribution >= 4 is 6.09 Å². The highest BCUT2D eigenvalue weighted by Gasteiger charge is 2.33. The Labute approximate surface area is 130 Å². The third-order valence-corrected chi connectivity index (χ3v) is 3.99. The zero-order valence-corrected chi connectivity index (χ0v) is 13.7. The molecular weight excluding hydrogens is 286 g/mol. The van der Waals surface area contributed by atoms with Gasteiger partial charge in [-0.25, -0.2) is 9.59 Å². The van der Waals surface area contributed by atoms with Gasteiger partial charge in [-0.1, -0.05) is 18.0 Å². The Bertz CT molecular complexity index is 558. The zero-order valence-electron chi connectivity index (χ0n) is 13.7. The number of aromatic nitrogens is 2. The number of nitrogens with zero attached hydrogens (tertiary/aromatic N) is 2. The Morgan fingerprint density at radius 1 is 1.41 bits per heavy atom. The van der Waals surface area contributed by atoms with Gasteiger partial charge in [0.05, 0.1) is 0 Å². The van der Waals surface area contributed by atoms with E-state index in [-0.39, 0.29) is 18.1 Å². The fraction of sp³-hybridized carbons (Fsp3) is 0.800. The summed E-state index contributed by atoms with van der Waals surface area (Å²) < 4.78 is 10.00.